The van der Waals surface area contributed by atoms with Crippen LogP contribution in [-0.4, -0.2) is 29.3 Å². The van der Waals surface area contributed by atoms with Gasteiger partial charge in [0.2, 0.25) is 0 Å². The van der Waals surface area contributed by atoms with Crippen LogP contribution in [0, 0.1) is 0 Å². The first-order chi connectivity index (χ1) is 12.5. The molecular formula is C19H15BrN2O4. The molecule has 0 spiro atoms. The summed E-state index contributed by atoms with van der Waals surface area (Å²) in [4.78, 5) is 38.9. The molecular weight excluding hydrogens is 400 g/mol. The molecule has 0 aliphatic carbocycles. The second-order valence-corrected chi connectivity index (χ2v) is 6.53. The van der Waals surface area contributed by atoms with Gasteiger partial charge in [0.05, 0.1) is 11.3 Å². The van der Waals surface area contributed by atoms with Crippen molar-refractivity contribution < 1.29 is 19.1 Å². The van der Waals surface area contributed by atoms with Crippen LogP contribution in [0.15, 0.2) is 53.1 Å². The maximum Gasteiger partial charge on any atom is 0.340 e. The number of esters is 1. The van der Waals surface area contributed by atoms with Crippen LogP contribution in [0.2, 0.25) is 0 Å². The number of amides is 1. The molecule has 132 valence electrons. The van der Waals surface area contributed by atoms with Gasteiger partial charge in [-0.15, -0.1) is 0 Å². The van der Waals surface area contributed by atoms with E-state index in [0.29, 0.717) is 22.2 Å². The van der Waals surface area contributed by atoms with Crippen LogP contribution in [0.3, 0.4) is 0 Å². The normalized spacial score (nSPS) is 10.5. The summed E-state index contributed by atoms with van der Waals surface area (Å²) >= 11 is 3.36. The van der Waals surface area contributed by atoms with Crippen molar-refractivity contribution in [1.29, 1.82) is 0 Å². The summed E-state index contributed by atoms with van der Waals surface area (Å²) in [5, 5.41) is 3.29. The minimum Gasteiger partial charge on any atom is -0.452 e. The maximum absolute atomic E-state index is 12.3. The van der Waals surface area contributed by atoms with E-state index in [1.807, 2.05) is 12.1 Å². The average Bonchev–Trinajstić information content (AvgIpc) is 3.03. The molecule has 0 bridgehead atoms. The second-order valence-electron chi connectivity index (χ2n) is 5.62. The summed E-state index contributed by atoms with van der Waals surface area (Å²) in [6, 6.07) is 12.1. The molecule has 0 aliphatic heterocycles. The Hall–Kier alpha value is -2.93. The molecule has 0 aliphatic rings. The van der Waals surface area contributed by atoms with Gasteiger partial charge in [-0.2, -0.15) is 0 Å². The lowest BCUT2D eigenvalue weighted by atomic mass is 10.1. The number of H-pyrrole nitrogens is 1. The Labute approximate surface area is 157 Å². The molecule has 0 saturated heterocycles. The fourth-order valence-corrected chi connectivity index (χ4v) is 2.92. The molecule has 1 heterocycles. The minimum absolute atomic E-state index is 0.165. The van der Waals surface area contributed by atoms with E-state index in [1.54, 1.807) is 36.5 Å². The number of carbonyl (C=O) groups excluding carboxylic acids is 3. The number of para-hydroxylation sites is 1. The maximum atomic E-state index is 12.3. The van der Waals surface area contributed by atoms with E-state index in [9.17, 15) is 14.4 Å². The van der Waals surface area contributed by atoms with E-state index >= 15 is 0 Å². The molecule has 1 amide bonds. The summed E-state index contributed by atoms with van der Waals surface area (Å²) in [5.41, 5.74) is 1.92. The summed E-state index contributed by atoms with van der Waals surface area (Å²) in [6.45, 7) is 0.964. The minimum atomic E-state index is -0.607. The number of halogens is 1. The molecule has 6 nitrogen and oxygen atoms in total. The summed E-state index contributed by atoms with van der Waals surface area (Å²) < 4.78 is 5.93. The molecule has 7 heteroatoms. The zero-order chi connectivity index (χ0) is 18.7. The molecule has 2 aromatic carbocycles. The van der Waals surface area contributed by atoms with E-state index in [4.69, 9.17) is 4.74 Å². The SMILES string of the molecule is CC(=O)c1ccccc1NC(=O)COC(=O)c1c[nH]c2ccc(Br)cc12. The molecule has 3 aromatic rings. The van der Waals surface area contributed by atoms with Gasteiger partial charge in [0.1, 0.15) is 0 Å². The Kier molecular flexibility index (Phi) is 5.18. The van der Waals surface area contributed by atoms with E-state index in [2.05, 4.69) is 26.2 Å². The Morgan fingerprint density at radius 2 is 1.88 bits per heavy atom. The Balaban J connectivity index is 1.67. The van der Waals surface area contributed by atoms with Crippen LogP contribution in [-0.2, 0) is 9.53 Å². The molecule has 0 atom stereocenters. The van der Waals surface area contributed by atoms with Crippen LogP contribution >= 0.6 is 15.9 Å². The highest BCUT2D eigenvalue weighted by molar-refractivity contribution is 9.10. The number of benzene rings is 2. The van der Waals surface area contributed by atoms with Crippen LogP contribution in [0.25, 0.3) is 10.9 Å². The Morgan fingerprint density at radius 1 is 1.12 bits per heavy atom. The predicted molar refractivity (Wildman–Crippen MR) is 101 cm³/mol. The largest absolute Gasteiger partial charge is 0.452 e. The van der Waals surface area contributed by atoms with Gasteiger partial charge in [-0.05, 0) is 37.3 Å². The molecule has 0 fully saturated rings. The number of aromatic amines is 1. The van der Waals surface area contributed by atoms with Crippen molar-refractivity contribution >= 4 is 50.2 Å². The highest BCUT2D eigenvalue weighted by atomic mass is 79.9. The summed E-state index contributed by atoms with van der Waals surface area (Å²) in [7, 11) is 0. The lowest BCUT2D eigenvalue weighted by Gasteiger charge is -2.09. The molecule has 2 N–H and O–H groups in total. The number of hydrogen-bond donors (Lipinski definition) is 2. The topological polar surface area (TPSA) is 88.3 Å². The number of Topliss-reactive ketones (excluding diaryl/α,β-unsaturated/α-hetero) is 1. The van der Waals surface area contributed by atoms with Crippen LogP contribution in [0.4, 0.5) is 5.69 Å². The van der Waals surface area contributed by atoms with Crippen molar-refractivity contribution in [2.45, 2.75) is 6.92 Å². The number of nitrogens with one attached hydrogen (secondary N) is 2. The molecule has 0 unspecified atom stereocenters. The number of rotatable bonds is 5. The smallest absolute Gasteiger partial charge is 0.340 e. The Bertz CT molecular complexity index is 1010. The third-order valence-corrected chi connectivity index (χ3v) is 4.27. The first kappa shape index (κ1) is 17.9. The fourth-order valence-electron chi connectivity index (χ4n) is 2.56. The zero-order valence-electron chi connectivity index (χ0n) is 13.8. The van der Waals surface area contributed by atoms with Crippen LogP contribution in [0.1, 0.15) is 27.6 Å². The standard InChI is InChI=1S/C19H15BrN2O4/c1-11(23)13-4-2-3-5-17(13)22-18(24)10-26-19(25)15-9-21-16-7-6-12(20)8-14(15)16/h2-9,21H,10H2,1H3,(H,22,24). The molecule has 0 saturated carbocycles. The number of ether oxygens (including phenoxy) is 1. The van der Waals surface area contributed by atoms with Gasteiger partial charge in [0.25, 0.3) is 5.91 Å². The summed E-state index contributed by atoms with van der Waals surface area (Å²) in [6.07, 6.45) is 1.54. The third kappa shape index (κ3) is 3.83. The number of aromatic nitrogens is 1. The van der Waals surface area contributed by atoms with Gasteiger partial charge < -0.3 is 15.0 Å². The number of hydrogen-bond acceptors (Lipinski definition) is 4. The first-order valence-electron chi connectivity index (χ1n) is 7.79. The molecule has 26 heavy (non-hydrogen) atoms. The van der Waals surface area contributed by atoms with Crippen molar-refractivity contribution in [2.75, 3.05) is 11.9 Å². The van der Waals surface area contributed by atoms with Gasteiger partial charge >= 0.3 is 5.97 Å². The van der Waals surface area contributed by atoms with Gasteiger partial charge in [0, 0.05) is 27.1 Å². The zero-order valence-corrected chi connectivity index (χ0v) is 15.4. The highest BCUT2D eigenvalue weighted by Gasteiger charge is 2.16. The number of anilines is 1. The third-order valence-electron chi connectivity index (χ3n) is 3.78. The average molecular weight is 415 g/mol. The van der Waals surface area contributed by atoms with Gasteiger partial charge in [-0.1, -0.05) is 28.1 Å². The number of carbonyl (C=O) groups is 3. The highest BCUT2D eigenvalue weighted by Crippen LogP contribution is 2.23. The van der Waals surface area contributed by atoms with E-state index in [1.165, 1.54) is 6.92 Å². The lowest BCUT2D eigenvalue weighted by molar-refractivity contribution is -0.119. The monoisotopic (exact) mass is 414 g/mol. The van der Waals surface area contributed by atoms with Gasteiger partial charge in [-0.25, -0.2) is 4.79 Å². The lowest BCUT2D eigenvalue weighted by Crippen LogP contribution is -2.21. The molecule has 0 radical (unpaired) electrons. The van der Waals surface area contributed by atoms with E-state index in [-0.39, 0.29) is 5.78 Å². The second kappa shape index (κ2) is 7.53. The Morgan fingerprint density at radius 3 is 2.65 bits per heavy atom. The number of fused-ring (bicyclic) bond motifs is 1. The van der Waals surface area contributed by atoms with Crippen molar-refractivity contribution in [3.05, 3.63) is 64.3 Å². The number of ketones is 1. The molecule has 3 rings (SSSR count). The van der Waals surface area contributed by atoms with Crippen LogP contribution < -0.4 is 5.32 Å². The van der Waals surface area contributed by atoms with Crippen LogP contribution in [0.5, 0.6) is 0 Å². The first-order valence-corrected chi connectivity index (χ1v) is 8.58. The summed E-state index contributed by atoms with van der Waals surface area (Å²) in [5.74, 6) is -1.29. The van der Waals surface area contributed by atoms with Gasteiger partial charge in [-0.3, -0.25) is 9.59 Å². The van der Waals surface area contributed by atoms with Crippen molar-refractivity contribution in [3.8, 4) is 0 Å². The van der Waals surface area contributed by atoms with Crippen molar-refractivity contribution in [2.24, 2.45) is 0 Å². The quantitative estimate of drug-likeness (QED) is 0.488. The van der Waals surface area contributed by atoms with Crippen molar-refractivity contribution in [3.63, 3.8) is 0 Å². The molecule has 1 aromatic heterocycles. The predicted octanol–water partition coefficient (Wildman–Crippen LogP) is 3.93. The fraction of sp³-hybridized carbons (Fsp3) is 0.105. The van der Waals surface area contributed by atoms with Crippen molar-refractivity contribution in [1.82, 2.24) is 4.98 Å². The van der Waals surface area contributed by atoms with Gasteiger partial charge in [0.15, 0.2) is 12.4 Å². The van der Waals surface area contributed by atoms with E-state index in [0.717, 1.165) is 9.99 Å². The van der Waals surface area contributed by atoms with E-state index < -0.39 is 18.5 Å².